The van der Waals surface area contributed by atoms with Crippen molar-refractivity contribution in [2.45, 2.75) is 11.5 Å². The third-order valence-corrected chi connectivity index (χ3v) is 4.40. The Morgan fingerprint density at radius 2 is 1.65 bits per heavy atom. The number of thioether (sulfide) groups is 1. The number of benzene rings is 3. The topological polar surface area (TPSA) is 61.6 Å². The first-order valence-electron chi connectivity index (χ1n) is 7.93. The van der Waals surface area contributed by atoms with Gasteiger partial charge in [0.1, 0.15) is 18.1 Å². The molecule has 26 heavy (non-hydrogen) atoms. The molecule has 0 radical (unpaired) electrons. The fraction of sp³-hybridized carbons (Fsp3) is 0.100. The molecule has 3 aromatic rings. The summed E-state index contributed by atoms with van der Waals surface area (Å²) < 4.78 is 11.5. The number of hydrogen-bond acceptors (Lipinski definition) is 5. The molecule has 0 saturated carbocycles. The monoisotopic (exact) mass is 367 g/mol. The Balaban J connectivity index is 1.79. The van der Waals surface area contributed by atoms with Gasteiger partial charge in [-0.2, -0.15) is 0 Å². The molecule has 3 rings (SSSR count). The number of hydrogen-bond donors (Lipinski definition) is 0. The maximum atomic E-state index is 11.3. The highest BCUT2D eigenvalue weighted by Gasteiger charge is 2.16. The summed E-state index contributed by atoms with van der Waals surface area (Å²) in [5, 5.41) is 11.3. The van der Waals surface area contributed by atoms with Gasteiger partial charge in [0.15, 0.2) is 0 Å². The summed E-state index contributed by atoms with van der Waals surface area (Å²) >= 11 is 1.65. The zero-order valence-corrected chi connectivity index (χ0v) is 14.9. The fourth-order valence-corrected chi connectivity index (χ4v) is 2.75. The van der Waals surface area contributed by atoms with Gasteiger partial charge in [-0.3, -0.25) is 10.1 Å². The van der Waals surface area contributed by atoms with Crippen LogP contribution in [0.15, 0.2) is 77.7 Å². The molecule has 132 valence electrons. The predicted octanol–water partition coefficient (Wildman–Crippen LogP) is 5.69. The molecule has 0 aliphatic rings. The third-order valence-electron chi connectivity index (χ3n) is 3.66. The number of nitro groups is 1. The number of nitro benzene ring substituents is 1. The molecule has 0 atom stereocenters. The lowest BCUT2D eigenvalue weighted by atomic mass is 10.2. The molecule has 0 aliphatic heterocycles. The van der Waals surface area contributed by atoms with Crippen molar-refractivity contribution in [3.05, 3.63) is 88.5 Å². The smallest absolute Gasteiger partial charge is 0.311 e. The molecule has 0 heterocycles. The lowest BCUT2D eigenvalue weighted by molar-refractivity contribution is -0.386. The number of nitrogens with zero attached hydrogens (tertiary/aromatic N) is 1. The molecule has 0 saturated heterocycles. The maximum Gasteiger partial charge on any atom is 0.311 e. The minimum absolute atomic E-state index is 0.0917. The molecule has 0 N–H and O–H groups in total. The minimum Gasteiger partial charge on any atom is -0.482 e. The van der Waals surface area contributed by atoms with E-state index in [9.17, 15) is 10.1 Å². The highest BCUT2D eigenvalue weighted by Crippen LogP contribution is 2.34. The molecule has 0 fully saturated rings. The van der Waals surface area contributed by atoms with Crippen LogP contribution >= 0.6 is 11.8 Å². The Morgan fingerprint density at radius 3 is 2.31 bits per heavy atom. The highest BCUT2D eigenvalue weighted by atomic mass is 32.2. The van der Waals surface area contributed by atoms with Crippen LogP contribution in [0.5, 0.6) is 17.2 Å². The van der Waals surface area contributed by atoms with E-state index < -0.39 is 4.92 Å². The third kappa shape index (κ3) is 4.55. The van der Waals surface area contributed by atoms with Gasteiger partial charge in [-0.25, -0.2) is 0 Å². The molecule has 6 heteroatoms. The van der Waals surface area contributed by atoms with E-state index in [-0.39, 0.29) is 18.0 Å². The minimum atomic E-state index is -0.461. The van der Waals surface area contributed by atoms with Crippen LogP contribution in [0.2, 0.25) is 0 Å². The van der Waals surface area contributed by atoms with Crippen LogP contribution in [0.25, 0.3) is 0 Å². The highest BCUT2D eigenvalue weighted by molar-refractivity contribution is 7.98. The van der Waals surface area contributed by atoms with E-state index in [2.05, 4.69) is 0 Å². The summed E-state index contributed by atoms with van der Waals surface area (Å²) in [6.45, 7) is 0.244. The van der Waals surface area contributed by atoms with E-state index in [1.54, 1.807) is 23.9 Å². The largest absolute Gasteiger partial charge is 0.482 e. The second-order valence-electron chi connectivity index (χ2n) is 5.44. The van der Waals surface area contributed by atoms with Crippen molar-refractivity contribution in [3.8, 4) is 17.2 Å². The van der Waals surface area contributed by atoms with Gasteiger partial charge in [-0.1, -0.05) is 30.3 Å². The molecular formula is C20H17NO4S. The van der Waals surface area contributed by atoms with Crippen molar-refractivity contribution in [3.63, 3.8) is 0 Å². The lowest BCUT2D eigenvalue weighted by Crippen LogP contribution is -1.99. The molecular weight excluding hydrogens is 350 g/mol. The number of ether oxygens (including phenoxy) is 2. The van der Waals surface area contributed by atoms with Gasteiger partial charge >= 0.3 is 5.69 Å². The van der Waals surface area contributed by atoms with Crippen LogP contribution in [0, 0.1) is 10.1 Å². The van der Waals surface area contributed by atoms with Crippen LogP contribution in [0.3, 0.4) is 0 Å². The Morgan fingerprint density at radius 1 is 0.962 bits per heavy atom. The van der Waals surface area contributed by atoms with Crippen molar-refractivity contribution in [1.29, 1.82) is 0 Å². The average molecular weight is 367 g/mol. The fourth-order valence-electron chi connectivity index (χ4n) is 2.34. The van der Waals surface area contributed by atoms with Gasteiger partial charge in [0.25, 0.3) is 0 Å². The molecule has 0 aromatic heterocycles. The van der Waals surface area contributed by atoms with Crippen LogP contribution < -0.4 is 9.47 Å². The Labute approximate surface area is 155 Å². The normalized spacial score (nSPS) is 10.3. The predicted molar refractivity (Wildman–Crippen MR) is 102 cm³/mol. The van der Waals surface area contributed by atoms with Crippen molar-refractivity contribution < 1.29 is 14.4 Å². The van der Waals surface area contributed by atoms with Crippen LogP contribution in [0.1, 0.15) is 5.56 Å². The zero-order chi connectivity index (χ0) is 18.4. The standard InChI is InChI=1S/C20H17NO4S/c1-26-18-10-7-16(8-11-18)25-17-9-12-19(21(22)23)20(13-17)24-14-15-5-3-2-4-6-15/h2-13H,14H2,1H3. The first kappa shape index (κ1) is 17.8. The lowest BCUT2D eigenvalue weighted by Gasteiger charge is -2.10. The van der Waals surface area contributed by atoms with E-state index in [1.807, 2.05) is 60.9 Å². The zero-order valence-electron chi connectivity index (χ0n) is 14.1. The van der Waals surface area contributed by atoms with Gasteiger partial charge < -0.3 is 9.47 Å². The van der Waals surface area contributed by atoms with Gasteiger partial charge in [0.2, 0.25) is 5.75 Å². The molecule has 0 unspecified atom stereocenters. The van der Waals surface area contributed by atoms with Crippen molar-refractivity contribution in [2.75, 3.05) is 6.26 Å². The van der Waals surface area contributed by atoms with Gasteiger partial charge in [0.05, 0.1) is 4.92 Å². The first-order chi connectivity index (χ1) is 12.7. The van der Waals surface area contributed by atoms with Gasteiger partial charge in [0, 0.05) is 17.0 Å². The average Bonchev–Trinajstić information content (AvgIpc) is 2.68. The summed E-state index contributed by atoms with van der Waals surface area (Å²) in [6.07, 6.45) is 2.00. The first-order valence-corrected chi connectivity index (χ1v) is 9.15. The van der Waals surface area contributed by atoms with E-state index in [4.69, 9.17) is 9.47 Å². The number of rotatable bonds is 7. The Hall–Kier alpha value is -2.99. The molecule has 0 bridgehead atoms. The van der Waals surface area contributed by atoms with E-state index in [0.29, 0.717) is 11.5 Å². The second kappa shape index (κ2) is 8.40. The SMILES string of the molecule is CSc1ccc(Oc2ccc([N+](=O)[O-])c(OCc3ccccc3)c2)cc1. The Bertz CT molecular complexity index is 882. The van der Waals surface area contributed by atoms with Crippen LogP contribution in [0.4, 0.5) is 5.69 Å². The van der Waals surface area contributed by atoms with E-state index in [1.165, 1.54) is 6.07 Å². The van der Waals surface area contributed by atoms with Gasteiger partial charge in [-0.15, -0.1) is 11.8 Å². The second-order valence-corrected chi connectivity index (χ2v) is 6.32. The van der Waals surface area contributed by atoms with Gasteiger partial charge in [-0.05, 0) is 42.2 Å². The molecule has 0 amide bonds. The maximum absolute atomic E-state index is 11.3. The molecule has 5 nitrogen and oxygen atoms in total. The van der Waals surface area contributed by atoms with E-state index in [0.717, 1.165) is 10.5 Å². The van der Waals surface area contributed by atoms with Crippen LogP contribution in [-0.4, -0.2) is 11.2 Å². The molecule has 0 spiro atoms. The summed E-state index contributed by atoms with van der Waals surface area (Å²) in [5.74, 6) is 1.32. The summed E-state index contributed by atoms with van der Waals surface area (Å²) in [5.41, 5.74) is 0.840. The summed E-state index contributed by atoms with van der Waals surface area (Å²) in [6, 6.07) is 21.6. The van der Waals surface area contributed by atoms with E-state index >= 15 is 0 Å². The quantitative estimate of drug-likeness (QED) is 0.305. The molecule has 3 aromatic carbocycles. The van der Waals surface area contributed by atoms with Crippen molar-refractivity contribution in [1.82, 2.24) is 0 Å². The van der Waals surface area contributed by atoms with Crippen LogP contribution in [-0.2, 0) is 6.61 Å². The Kier molecular flexibility index (Phi) is 5.76. The van der Waals surface area contributed by atoms with Crippen molar-refractivity contribution in [2.24, 2.45) is 0 Å². The summed E-state index contributed by atoms with van der Waals surface area (Å²) in [4.78, 5) is 11.9. The molecule has 0 aliphatic carbocycles. The van der Waals surface area contributed by atoms with Crippen molar-refractivity contribution >= 4 is 17.4 Å². The summed E-state index contributed by atoms with van der Waals surface area (Å²) in [7, 11) is 0.